The van der Waals surface area contributed by atoms with Crippen molar-refractivity contribution >= 4 is 17.2 Å². The molecule has 1 rings (SSSR count). The Morgan fingerprint density at radius 2 is 2.31 bits per heavy atom. The number of nitrogens with zero attached hydrogens (tertiary/aromatic N) is 1. The first-order valence-electron chi connectivity index (χ1n) is 6.34. The monoisotopic (exact) mass is 244 g/mol. The second-order valence-electron chi connectivity index (χ2n) is 4.46. The van der Waals surface area contributed by atoms with Crippen LogP contribution in [0, 0.1) is 0 Å². The van der Waals surface area contributed by atoms with Gasteiger partial charge in [-0.1, -0.05) is 26.1 Å². The molecular weight excluding hydrogens is 220 g/mol. The molecule has 0 aliphatic carbocycles. The second-order valence-corrected chi connectivity index (χ2v) is 4.93. The van der Waals surface area contributed by atoms with E-state index >= 15 is 0 Å². The Bertz CT molecular complexity index is 223. The average Bonchev–Trinajstić information content (AvgIpc) is 2.27. The van der Waals surface area contributed by atoms with Crippen LogP contribution in [-0.4, -0.2) is 41.7 Å². The highest BCUT2D eigenvalue weighted by Crippen LogP contribution is 2.17. The third-order valence-electron chi connectivity index (χ3n) is 3.12. The molecule has 0 spiro atoms. The molecule has 2 N–H and O–H groups in total. The van der Waals surface area contributed by atoms with Crippen molar-refractivity contribution in [2.75, 3.05) is 19.7 Å². The highest BCUT2D eigenvalue weighted by atomic mass is 32.1. The van der Waals surface area contributed by atoms with Gasteiger partial charge in [0.1, 0.15) is 0 Å². The lowest BCUT2D eigenvalue weighted by atomic mass is 10.0. The minimum absolute atomic E-state index is 0.253. The smallest absolute Gasteiger partial charge is 0.0901 e. The van der Waals surface area contributed by atoms with E-state index < -0.39 is 0 Å². The highest BCUT2D eigenvalue weighted by Gasteiger charge is 2.26. The zero-order valence-corrected chi connectivity index (χ0v) is 11.3. The molecule has 4 heteroatoms. The van der Waals surface area contributed by atoms with Gasteiger partial charge in [0.05, 0.1) is 17.1 Å². The molecule has 0 radical (unpaired) electrons. The number of hydrogen-bond acceptors (Lipinski definition) is 3. The Balaban J connectivity index is 2.45. The minimum atomic E-state index is 0.253. The maximum absolute atomic E-state index is 5.81. The van der Waals surface area contributed by atoms with Crippen molar-refractivity contribution in [3.63, 3.8) is 0 Å². The average molecular weight is 244 g/mol. The molecular formula is C12H24N2OS. The number of hydrogen-bond donors (Lipinski definition) is 1. The summed E-state index contributed by atoms with van der Waals surface area (Å²) >= 11 is 5.12. The van der Waals surface area contributed by atoms with Crippen molar-refractivity contribution in [1.29, 1.82) is 0 Å². The van der Waals surface area contributed by atoms with Crippen LogP contribution in [0.15, 0.2) is 0 Å². The number of thiocarbonyl (C=S) groups is 1. The number of rotatable bonds is 6. The van der Waals surface area contributed by atoms with Gasteiger partial charge in [-0.3, -0.25) is 4.90 Å². The van der Waals surface area contributed by atoms with E-state index in [4.69, 9.17) is 22.7 Å². The third kappa shape index (κ3) is 4.00. The van der Waals surface area contributed by atoms with Gasteiger partial charge in [-0.2, -0.15) is 0 Å². The molecule has 1 heterocycles. The topological polar surface area (TPSA) is 38.5 Å². The fourth-order valence-corrected chi connectivity index (χ4v) is 2.62. The van der Waals surface area contributed by atoms with Gasteiger partial charge in [-0.05, 0) is 32.2 Å². The molecule has 0 bridgehead atoms. The Morgan fingerprint density at radius 3 is 2.88 bits per heavy atom. The summed E-state index contributed by atoms with van der Waals surface area (Å²) in [7, 11) is 0. The van der Waals surface area contributed by atoms with Crippen LogP contribution in [0.2, 0.25) is 0 Å². The summed E-state index contributed by atoms with van der Waals surface area (Å²) in [5.74, 6) is 0. The van der Waals surface area contributed by atoms with E-state index in [1.54, 1.807) is 0 Å². The lowest BCUT2D eigenvalue weighted by Gasteiger charge is -2.37. The van der Waals surface area contributed by atoms with Gasteiger partial charge in [-0.15, -0.1) is 0 Å². The molecule has 2 atom stereocenters. The number of ether oxygens (including phenoxy) is 1. The van der Waals surface area contributed by atoms with E-state index in [0.717, 1.165) is 32.5 Å². The Kier molecular flexibility index (Phi) is 6.24. The van der Waals surface area contributed by atoms with Crippen LogP contribution in [0.25, 0.3) is 0 Å². The van der Waals surface area contributed by atoms with Crippen LogP contribution >= 0.6 is 12.2 Å². The quantitative estimate of drug-likeness (QED) is 0.725. The zero-order chi connectivity index (χ0) is 12.0. The van der Waals surface area contributed by atoms with Crippen molar-refractivity contribution in [2.24, 2.45) is 5.73 Å². The van der Waals surface area contributed by atoms with Crippen molar-refractivity contribution < 1.29 is 4.74 Å². The van der Waals surface area contributed by atoms with Gasteiger partial charge in [0.2, 0.25) is 0 Å². The van der Waals surface area contributed by atoms with Gasteiger partial charge in [-0.25, -0.2) is 0 Å². The number of likely N-dealkylation sites (tertiary alicyclic amines) is 1. The molecule has 1 aliphatic heterocycles. The lowest BCUT2D eigenvalue weighted by Crippen LogP contribution is -2.50. The SMILES string of the molecule is CCCOC1CCCN(C(CC)C(N)=S)C1. The predicted octanol–water partition coefficient (Wildman–Crippen LogP) is 1.94. The largest absolute Gasteiger partial charge is 0.392 e. The van der Waals surface area contributed by atoms with Crippen LogP contribution in [0.5, 0.6) is 0 Å². The van der Waals surface area contributed by atoms with Gasteiger partial charge in [0, 0.05) is 13.2 Å². The maximum Gasteiger partial charge on any atom is 0.0901 e. The van der Waals surface area contributed by atoms with E-state index in [0.29, 0.717) is 11.1 Å². The van der Waals surface area contributed by atoms with Crippen molar-refractivity contribution in [3.8, 4) is 0 Å². The standard InChI is InChI=1S/C12H24N2OS/c1-3-8-15-10-6-5-7-14(9-10)11(4-2)12(13)16/h10-11H,3-9H2,1-2H3,(H2,13,16). The van der Waals surface area contributed by atoms with Gasteiger partial charge in [0.15, 0.2) is 0 Å². The van der Waals surface area contributed by atoms with Crippen LogP contribution in [-0.2, 0) is 4.74 Å². The Labute approximate surface area is 104 Å². The van der Waals surface area contributed by atoms with Gasteiger partial charge in [0.25, 0.3) is 0 Å². The molecule has 3 nitrogen and oxygen atoms in total. The molecule has 2 unspecified atom stereocenters. The molecule has 0 aromatic heterocycles. The summed E-state index contributed by atoms with van der Waals surface area (Å²) in [6, 6.07) is 0.253. The van der Waals surface area contributed by atoms with Crippen LogP contribution < -0.4 is 5.73 Å². The first kappa shape index (κ1) is 13.9. The molecule has 1 fully saturated rings. The van der Waals surface area contributed by atoms with Crippen molar-refractivity contribution in [1.82, 2.24) is 4.90 Å². The fraction of sp³-hybridized carbons (Fsp3) is 0.917. The number of piperidine rings is 1. The van der Waals surface area contributed by atoms with Crippen LogP contribution in [0.4, 0.5) is 0 Å². The van der Waals surface area contributed by atoms with E-state index in [1.165, 1.54) is 12.8 Å². The molecule has 16 heavy (non-hydrogen) atoms. The molecule has 0 aromatic rings. The maximum atomic E-state index is 5.81. The van der Waals surface area contributed by atoms with Gasteiger partial charge < -0.3 is 10.5 Å². The Morgan fingerprint density at radius 1 is 1.56 bits per heavy atom. The molecule has 0 amide bonds. The zero-order valence-electron chi connectivity index (χ0n) is 10.4. The Hall–Kier alpha value is -0.190. The summed E-state index contributed by atoms with van der Waals surface area (Å²) < 4.78 is 5.81. The summed E-state index contributed by atoms with van der Waals surface area (Å²) in [5.41, 5.74) is 5.77. The lowest BCUT2D eigenvalue weighted by molar-refractivity contribution is -0.00534. The van der Waals surface area contributed by atoms with E-state index in [2.05, 4.69) is 18.7 Å². The first-order chi connectivity index (χ1) is 7.69. The van der Waals surface area contributed by atoms with Gasteiger partial charge >= 0.3 is 0 Å². The second kappa shape index (κ2) is 7.20. The van der Waals surface area contributed by atoms with E-state index in [1.807, 2.05) is 0 Å². The third-order valence-corrected chi connectivity index (χ3v) is 3.40. The summed E-state index contributed by atoms with van der Waals surface area (Å²) in [4.78, 5) is 3.00. The highest BCUT2D eigenvalue weighted by molar-refractivity contribution is 7.80. The van der Waals surface area contributed by atoms with E-state index in [9.17, 15) is 0 Å². The minimum Gasteiger partial charge on any atom is -0.392 e. The first-order valence-corrected chi connectivity index (χ1v) is 6.74. The fourth-order valence-electron chi connectivity index (χ4n) is 2.31. The van der Waals surface area contributed by atoms with Crippen molar-refractivity contribution in [3.05, 3.63) is 0 Å². The molecule has 94 valence electrons. The summed E-state index contributed by atoms with van der Waals surface area (Å²) in [6.07, 6.45) is 4.81. The van der Waals surface area contributed by atoms with Crippen LogP contribution in [0.1, 0.15) is 39.5 Å². The van der Waals surface area contributed by atoms with Crippen molar-refractivity contribution in [2.45, 2.75) is 51.7 Å². The summed E-state index contributed by atoms with van der Waals surface area (Å²) in [5, 5.41) is 0. The molecule has 1 aliphatic rings. The molecule has 0 saturated carbocycles. The predicted molar refractivity (Wildman–Crippen MR) is 71.7 cm³/mol. The van der Waals surface area contributed by atoms with Crippen LogP contribution in [0.3, 0.4) is 0 Å². The van der Waals surface area contributed by atoms with E-state index in [-0.39, 0.29) is 6.04 Å². The molecule has 0 aromatic carbocycles. The number of nitrogens with two attached hydrogens (primary N) is 1. The summed E-state index contributed by atoms with van der Waals surface area (Å²) in [6.45, 7) is 7.23. The normalized spacial score (nSPS) is 24.2. The molecule has 1 saturated heterocycles.